The van der Waals surface area contributed by atoms with Gasteiger partial charge in [-0.25, -0.2) is 9.67 Å². The third-order valence-corrected chi connectivity index (χ3v) is 6.56. The van der Waals surface area contributed by atoms with E-state index in [1.54, 1.807) is 4.90 Å². The molecule has 208 valence electrons. The molecule has 2 atom stereocenters. The lowest BCUT2D eigenvalue weighted by Crippen LogP contribution is -2.45. The Balaban J connectivity index is 1.38. The fourth-order valence-electron chi connectivity index (χ4n) is 4.55. The quantitative estimate of drug-likeness (QED) is 0.357. The minimum Gasteiger partial charge on any atom is -0.378 e. The molecule has 0 unspecified atom stereocenters. The van der Waals surface area contributed by atoms with Gasteiger partial charge in [-0.15, -0.1) is 0 Å². The molecule has 0 spiro atoms. The van der Waals surface area contributed by atoms with Gasteiger partial charge in [0.15, 0.2) is 17.0 Å². The molecule has 5 rings (SSSR count). The van der Waals surface area contributed by atoms with Crippen LogP contribution >= 0.6 is 0 Å². The number of alkyl halides is 2. The molecule has 2 fully saturated rings. The van der Waals surface area contributed by atoms with Crippen molar-refractivity contribution in [3.05, 3.63) is 31.4 Å². The monoisotopic (exact) mass is 546 g/mol. The zero-order valence-electron chi connectivity index (χ0n) is 21.2. The maximum atomic E-state index is 13.1. The van der Waals surface area contributed by atoms with Crippen LogP contribution < -0.4 is 15.5 Å². The summed E-state index contributed by atoms with van der Waals surface area (Å²) in [6.07, 6.45) is 4.78. The van der Waals surface area contributed by atoms with Crippen molar-refractivity contribution in [3.63, 3.8) is 0 Å². The van der Waals surface area contributed by atoms with Gasteiger partial charge in [0, 0.05) is 33.3 Å². The van der Waals surface area contributed by atoms with Crippen LogP contribution in [-0.4, -0.2) is 111 Å². The third kappa shape index (κ3) is 5.51. The van der Waals surface area contributed by atoms with E-state index in [0.717, 1.165) is 0 Å². The van der Waals surface area contributed by atoms with E-state index in [1.807, 2.05) is 4.90 Å². The third-order valence-electron chi connectivity index (χ3n) is 6.56. The van der Waals surface area contributed by atoms with Crippen LogP contribution in [-0.2, 0) is 19.1 Å². The van der Waals surface area contributed by atoms with Crippen molar-refractivity contribution in [1.29, 1.82) is 0 Å². The number of carbonyl (C=O) groups is 2. The molecule has 2 aliphatic rings. The van der Waals surface area contributed by atoms with Gasteiger partial charge in [-0.1, -0.05) is 6.58 Å². The largest absolute Gasteiger partial charge is 0.378 e. The van der Waals surface area contributed by atoms with Crippen LogP contribution in [0.25, 0.3) is 16.9 Å². The second-order valence-electron chi connectivity index (χ2n) is 8.96. The van der Waals surface area contributed by atoms with E-state index in [4.69, 9.17) is 9.47 Å². The molecule has 2 saturated heterocycles. The maximum absolute atomic E-state index is 13.1. The van der Waals surface area contributed by atoms with Crippen molar-refractivity contribution < 1.29 is 27.8 Å². The van der Waals surface area contributed by atoms with Crippen LogP contribution in [0.4, 0.5) is 20.5 Å². The van der Waals surface area contributed by atoms with Crippen molar-refractivity contribution in [2.45, 2.75) is 18.7 Å². The molecule has 2 amide bonds. The Bertz CT molecular complexity index is 1360. The lowest BCUT2D eigenvalue weighted by Gasteiger charge is -2.27. The summed E-state index contributed by atoms with van der Waals surface area (Å²) >= 11 is 0. The number of nitrogens with zero attached hydrogens (tertiary/aromatic N) is 8. The Hall–Kier alpha value is -4.18. The minimum atomic E-state index is -2.79. The Labute approximate surface area is 221 Å². The van der Waals surface area contributed by atoms with Crippen LogP contribution in [0.2, 0.25) is 0 Å². The summed E-state index contributed by atoms with van der Waals surface area (Å²) in [5.41, 5.74) is 1.05. The number of fused-ring (bicyclic) bond motifs is 1. The number of hydrogen-bond donors (Lipinski definition) is 2. The van der Waals surface area contributed by atoms with Gasteiger partial charge in [-0.3, -0.25) is 14.2 Å². The second-order valence-corrected chi connectivity index (χ2v) is 8.96. The van der Waals surface area contributed by atoms with E-state index < -0.39 is 12.6 Å². The fourth-order valence-corrected chi connectivity index (χ4v) is 4.55. The Morgan fingerprint density at radius 3 is 2.77 bits per heavy atom. The molecule has 16 heteroatoms. The summed E-state index contributed by atoms with van der Waals surface area (Å²) in [4.78, 5) is 42.0. The molecule has 2 aliphatic heterocycles. The van der Waals surface area contributed by atoms with Gasteiger partial charge >= 0.3 is 6.55 Å². The van der Waals surface area contributed by atoms with Crippen molar-refractivity contribution in [2.24, 2.45) is 0 Å². The highest BCUT2D eigenvalue weighted by molar-refractivity contribution is 5.89. The highest BCUT2D eigenvalue weighted by Gasteiger charge is 2.35. The molecule has 3 aromatic heterocycles. The van der Waals surface area contributed by atoms with Crippen molar-refractivity contribution >= 4 is 34.7 Å². The van der Waals surface area contributed by atoms with Gasteiger partial charge < -0.3 is 29.9 Å². The van der Waals surface area contributed by atoms with Crippen molar-refractivity contribution in [3.8, 4) is 5.69 Å². The standard InChI is InChI=1S/C23H28F2N10O4/c1-3-18(37)33-11-15(16(12-33)38-2)29-17(36)9-26-20-19-21(31-23(30-20)32-4-6-39-7-5-32)34(13-27-19)14-8-28-35(10-14)22(24)25/h3,8,10,13,15-16,22H,1,4-7,9,11-12H2,2H3,(H,29,36)(H,26,30,31)/t15-,16+/m1/s1. The number of amides is 2. The van der Waals surface area contributed by atoms with E-state index >= 15 is 0 Å². The molecule has 0 aliphatic carbocycles. The topological polar surface area (TPSA) is 145 Å². The van der Waals surface area contributed by atoms with Crippen molar-refractivity contribution in [1.82, 2.24) is 39.5 Å². The van der Waals surface area contributed by atoms with E-state index in [9.17, 15) is 18.4 Å². The van der Waals surface area contributed by atoms with E-state index in [2.05, 4.69) is 37.3 Å². The summed E-state index contributed by atoms with van der Waals surface area (Å²) in [5, 5.41) is 9.62. The summed E-state index contributed by atoms with van der Waals surface area (Å²) in [6.45, 7) is 3.32. The van der Waals surface area contributed by atoms with Crippen LogP contribution in [0, 0.1) is 0 Å². The number of halogens is 2. The number of anilines is 2. The molecule has 14 nitrogen and oxygen atoms in total. The number of ether oxygens (including phenoxy) is 2. The summed E-state index contributed by atoms with van der Waals surface area (Å²) in [6, 6.07) is -0.395. The number of carbonyl (C=O) groups excluding carboxylic acids is 2. The first-order valence-electron chi connectivity index (χ1n) is 12.3. The zero-order chi connectivity index (χ0) is 27.5. The van der Waals surface area contributed by atoms with Gasteiger partial charge in [0.05, 0.1) is 50.0 Å². The van der Waals surface area contributed by atoms with Gasteiger partial charge in [-0.05, 0) is 6.08 Å². The molecule has 0 saturated carbocycles. The average molecular weight is 547 g/mol. The lowest BCUT2D eigenvalue weighted by molar-refractivity contribution is -0.125. The zero-order valence-corrected chi connectivity index (χ0v) is 21.2. The lowest BCUT2D eigenvalue weighted by atomic mass is 10.2. The maximum Gasteiger partial charge on any atom is 0.333 e. The van der Waals surface area contributed by atoms with Crippen LogP contribution in [0.5, 0.6) is 0 Å². The highest BCUT2D eigenvalue weighted by Crippen LogP contribution is 2.26. The molecule has 2 N–H and O–H groups in total. The first-order valence-corrected chi connectivity index (χ1v) is 12.3. The molecule has 3 aromatic rings. The van der Waals surface area contributed by atoms with E-state index in [0.29, 0.717) is 72.7 Å². The Kier molecular flexibility index (Phi) is 7.65. The Morgan fingerprint density at radius 2 is 2.08 bits per heavy atom. The minimum absolute atomic E-state index is 0.146. The molecular weight excluding hydrogens is 518 g/mol. The number of methoxy groups -OCH3 is 1. The SMILES string of the molecule is C=CC(=O)N1C[C@H](OC)[C@H](NC(=O)CNc2nc(N3CCOCC3)nc3c2ncn3-c2cnn(C(F)F)c2)C1. The number of aromatic nitrogens is 6. The molecule has 39 heavy (non-hydrogen) atoms. The second kappa shape index (κ2) is 11.3. The molecule has 0 bridgehead atoms. The smallest absolute Gasteiger partial charge is 0.333 e. The average Bonchev–Trinajstić information content (AvgIpc) is 3.70. The highest BCUT2D eigenvalue weighted by atomic mass is 19.3. The Morgan fingerprint density at radius 1 is 1.28 bits per heavy atom. The summed E-state index contributed by atoms with van der Waals surface area (Å²) < 4.78 is 39.2. The molecule has 5 heterocycles. The van der Waals surface area contributed by atoms with Gasteiger partial charge in [0.2, 0.25) is 17.8 Å². The number of morpholine rings is 1. The van der Waals surface area contributed by atoms with Crippen LogP contribution in [0.3, 0.4) is 0 Å². The first-order chi connectivity index (χ1) is 18.9. The number of rotatable bonds is 9. The number of likely N-dealkylation sites (tertiary alicyclic amines) is 1. The number of imidazole rings is 1. The van der Waals surface area contributed by atoms with Gasteiger partial charge in [-0.2, -0.15) is 23.8 Å². The van der Waals surface area contributed by atoms with Gasteiger partial charge in [0.1, 0.15) is 6.33 Å². The predicted octanol–water partition coefficient (Wildman–Crippen LogP) is 0.184. The van der Waals surface area contributed by atoms with E-state index in [-0.39, 0.29) is 24.5 Å². The normalized spacial score (nSPS) is 19.6. The van der Waals surface area contributed by atoms with Crippen molar-refractivity contribution in [2.75, 3.05) is 63.3 Å². The van der Waals surface area contributed by atoms with Crippen LogP contribution in [0.15, 0.2) is 31.4 Å². The fraction of sp³-hybridized carbons (Fsp3) is 0.478. The molecule has 0 aromatic carbocycles. The summed E-state index contributed by atoms with van der Waals surface area (Å²) in [7, 11) is 1.52. The number of hydrogen-bond acceptors (Lipinski definition) is 10. The number of nitrogens with one attached hydrogen (secondary N) is 2. The summed E-state index contributed by atoms with van der Waals surface area (Å²) in [5.74, 6) is 0.105. The van der Waals surface area contributed by atoms with Crippen LogP contribution in [0.1, 0.15) is 6.55 Å². The van der Waals surface area contributed by atoms with E-state index in [1.165, 1.54) is 36.5 Å². The van der Waals surface area contributed by atoms with Gasteiger partial charge in [0.25, 0.3) is 0 Å². The molecule has 0 radical (unpaired) electrons. The predicted molar refractivity (Wildman–Crippen MR) is 135 cm³/mol. The first kappa shape index (κ1) is 26.4. The molecular formula is C23H28F2N10O4.